The van der Waals surface area contributed by atoms with Gasteiger partial charge in [0.15, 0.2) is 6.61 Å². The summed E-state index contributed by atoms with van der Waals surface area (Å²) in [6, 6.07) is 23.5. The maximum Gasteiger partial charge on any atom is 0.260 e. The van der Waals surface area contributed by atoms with Crippen molar-refractivity contribution >= 4 is 28.5 Å². The average molecular weight is 532 g/mol. The molecule has 0 spiro atoms. The molecular formula is C31H37N3O5. The van der Waals surface area contributed by atoms with E-state index in [0.29, 0.717) is 51.4 Å². The highest BCUT2D eigenvalue weighted by Crippen LogP contribution is 2.20. The topological polar surface area (TPSA) is 88.2 Å². The van der Waals surface area contributed by atoms with Crippen LogP contribution >= 0.6 is 0 Å². The molecule has 0 aromatic heterocycles. The van der Waals surface area contributed by atoms with Gasteiger partial charge in [0.2, 0.25) is 11.8 Å². The average Bonchev–Trinajstić information content (AvgIpc) is 2.98. The first-order chi connectivity index (χ1) is 19.1. The van der Waals surface area contributed by atoms with Gasteiger partial charge in [0.25, 0.3) is 5.91 Å². The SMILES string of the molecule is O=C(CCCCCCC(=O)N1CCN(C(=O)COc2ccc3ccccc3c2)CC1)NOCc1ccccc1. The Bertz CT molecular complexity index is 1230. The molecular weight excluding hydrogens is 494 g/mol. The molecule has 0 bridgehead atoms. The standard InChI is InChI=1S/C31H37N3O5/c35-29(32-39-23-25-10-4-3-5-11-25)14-6-1-2-7-15-30(36)33-18-20-34(21-19-33)31(37)24-38-28-17-16-26-12-8-9-13-27(26)22-28/h3-5,8-13,16-17,22H,1-2,6-7,14-15,18-21,23-24H2,(H,32,35). The smallest absolute Gasteiger partial charge is 0.260 e. The number of carbonyl (C=O) groups excluding carboxylic acids is 3. The van der Waals surface area contributed by atoms with Crippen LogP contribution in [0.4, 0.5) is 0 Å². The monoisotopic (exact) mass is 531 g/mol. The Labute approximate surface area is 229 Å². The van der Waals surface area contributed by atoms with E-state index >= 15 is 0 Å². The van der Waals surface area contributed by atoms with Crippen molar-refractivity contribution in [3.05, 3.63) is 78.4 Å². The van der Waals surface area contributed by atoms with Gasteiger partial charge in [-0.25, -0.2) is 5.48 Å². The van der Waals surface area contributed by atoms with Crippen LogP contribution in [0.1, 0.15) is 44.1 Å². The zero-order valence-electron chi connectivity index (χ0n) is 22.3. The first kappa shape index (κ1) is 28.1. The Morgan fingerprint density at radius 1 is 0.692 bits per heavy atom. The van der Waals surface area contributed by atoms with Gasteiger partial charge in [-0.1, -0.05) is 73.5 Å². The summed E-state index contributed by atoms with van der Waals surface area (Å²) in [5.41, 5.74) is 3.48. The number of nitrogens with one attached hydrogen (secondary N) is 1. The zero-order chi connectivity index (χ0) is 27.3. The van der Waals surface area contributed by atoms with Crippen LogP contribution in [0.5, 0.6) is 5.75 Å². The van der Waals surface area contributed by atoms with Crippen LogP contribution in [0.15, 0.2) is 72.8 Å². The number of benzene rings is 3. The second kappa shape index (κ2) is 14.9. The number of piperazine rings is 1. The fraction of sp³-hybridized carbons (Fsp3) is 0.387. The fourth-order valence-corrected chi connectivity index (χ4v) is 4.60. The predicted molar refractivity (Wildman–Crippen MR) is 150 cm³/mol. The quantitative estimate of drug-likeness (QED) is 0.260. The Balaban J connectivity index is 1.03. The highest BCUT2D eigenvalue weighted by molar-refractivity contribution is 5.84. The van der Waals surface area contributed by atoms with Crippen LogP contribution in [0.2, 0.25) is 0 Å². The highest BCUT2D eigenvalue weighted by Gasteiger charge is 2.24. The molecule has 0 aliphatic carbocycles. The molecule has 1 saturated heterocycles. The van der Waals surface area contributed by atoms with E-state index in [1.807, 2.05) is 77.7 Å². The van der Waals surface area contributed by atoms with E-state index in [2.05, 4.69) is 5.48 Å². The van der Waals surface area contributed by atoms with Crippen LogP contribution in [-0.2, 0) is 25.8 Å². The van der Waals surface area contributed by atoms with E-state index < -0.39 is 0 Å². The molecule has 1 heterocycles. The number of carbonyl (C=O) groups is 3. The third kappa shape index (κ3) is 9.11. The lowest BCUT2D eigenvalue weighted by atomic mass is 10.1. The van der Waals surface area contributed by atoms with E-state index in [1.165, 1.54) is 0 Å². The molecule has 8 heteroatoms. The first-order valence-electron chi connectivity index (χ1n) is 13.7. The summed E-state index contributed by atoms with van der Waals surface area (Å²) in [6.45, 7) is 2.47. The molecule has 3 aromatic rings. The van der Waals surface area contributed by atoms with E-state index in [9.17, 15) is 14.4 Å². The summed E-state index contributed by atoms with van der Waals surface area (Å²) in [4.78, 5) is 45.9. The van der Waals surface area contributed by atoms with E-state index in [-0.39, 0.29) is 24.3 Å². The van der Waals surface area contributed by atoms with Crippen molar-refractivity contribution in [1.29, 1.82) is 0 Å². The Morgan fingerprint density at radius 3 is 2.08 bits per heavy atom. The van der Waals surface area contributed by atoms with Crippen molar-refractivity contribution in [2.24, 2.45) is 0 Å². The summed E-state index contributed by atoms with van der Waals surface area (Å²) in [5.74, 6) is 0.608. The molecule has 0 saturated carbocycles. The molecule has 1 aliphatic rings. The van der Waals surface area contributed by atoms with Crippen molar-refractivity contribution in [3.8, 4) is 5.75 Å². The number of amides is 3. The van der Waals surface area contributed by atoms with Gasteiger partial charge in [0.05, 0.1) is 6.61 Å². The second-order valence-electron chi connectivity index (χ2n) is 9.77. The molecule has 4 rings (SSSR count). The van der Waals surface area contributed by atoms with Gasteiger partial charge in [0.1, 0.15) is 5.75 Å². The minimum Gasteiger partial charge on any atom is -0.484 e. The van der Waals surface area contributed by atoms with Gasteiger partial charge in [-0.15, -0.1) is 0 Å². The second-order valence-corrected chi connectivity index (χ2v) is 9.77. The Hall–Kier alpha value is -3.91. The molecule has 1 aliphatic heterocycles. The van der Waals surface area contributed by atoms with Crippen LogP contribution in [0.3, 0.4) is 0 Å². The van der Waals surface area contributed by atoms with Gasteiger partial charge in [-0.05, 0) is 41.3 Å². The molecule has 3 aromatic carbocycles. The number of nitrogens with zero attached hydrogens (tertiary/aromatic N) is 2. The Kier molecular flexibility index (Phi) is 10.7. The van der Waals surface area contributed by atoms with Gasteiger partial charge >= 0.3 is 0 Å². The largest absolute Gasteiger partial charge is 0.484 e. The molecule has 8 nitrogen and oxygen atoms in total. The zero-order valence-corrected chi connectivity index (χ0v) is 22.3. The van der Waals surface area contributed by atoms with Crippen molar-refractivity contribution < 1.29 is 24.0 Å². The number of unbranched alkanes of at least 4 members (excludes halogenated alkanes) is 3. The normalized spacial score (nSPS) is 13.3. The third-order valence-corrected chi connectivity index (χ3v) is 6.88. The van der Waals surface area contributed by atoms with Crippen LogP contribution < -0.4 is 10.2 Å². The summed E-state index contributed by atoms with van der Waals surface area (Å²) in [6.07, 6.45) is 4.24. The maximum absolute atomic E-state index is 12.6. The highest BCUT2D eigenvalue weighted by atomic mass is 16.6. The van der Waals surface area contributed by atoms with Gasteiger partial charge in [-0.2, -0.15) is 0 Å². The van der Waals surface area contributed by atoms with E-state index in [4.69, 9.17) is 9.57 Å². The van der Waals surface area contributed by atoms with Crippen molar-refractivity contribution in [2.75, 3.05) is 32.8 Å². The summed E-state index contributed by atoms with van der Waals surface area (Å²) in [5, 5.41) is 2.20. The van der Waals surface area contributed by atoms with Crippen molar-refractivity contribution in [1.82, 2.24) is 15.3 Å². The van der Waals surface area contributed by atoms with Gasteiger partial charge in [-0.3, -0.25) is 19.2 Å². The third-order valence-electron chi connectivity index (χ3n) is 6.88. The minimum atomic E-state index is -0.128. The van der Waals surface area contributed by atoms with Crippen LogP contribution in [0, 0.1) is 0 Å². The van der Waals surface area contributed by atoms with Gasteiger partial charge in [0, 0.05) is 39.0 Å². The fourth-order valence-electron chi connectivity index (χ4n) is 4.60. The van der Waals surface area contributed by atoms with Gasteiger partial charge < -0.3 is 14.5 Å². The number of ether oxygens (including phenoxy) is 1. The molecule has 0 atom stereocenters. The number of fused-ring (bicyclic) bond motifs is 1. The lowest BCUT2D eigenvalue weighted by Crippen LogP contribution is -2.51. The van der Waals surface area contributed by atoms with Crippen LogP contribution in [0.25, 0.3) is 10.8 Å². The molecule has 1 N–H and O–H groups in total. The number of hydroxylamine groups is 1. The molecule has 39 heavy (non-hydrogen) atoms. The summed E-state index contributed by atoms with van der Waals surface area (Å²) < 4.78 is 5.74. The Morgan fingerprint density at radius 2 is 1.33 bits per heavy atom. The number of rotatable bonds is 13. The molecule has 0 unspecified atom stereocenters. The van der Waals surface area contributed by atoms with E-state index in [1.54, 1.807) is 4.90 Å². The molecule has 1 fully saturated rings. The number of hydrogen-bond acceptors (Lipinski definition) is 5. The van der Waals surface area contributed by atoms with Crippen molar-refractivity contribution in [3.63, 3.8) is 0 Å². The maximum atomic E-state index is 12.6. The lowest BCUT2D eigenvalue weighted by Gasteiger charge is -2.34. The molecule has 0 radical (unpaired) electrons. The van der Waals surface area contributed by atoms with Crippen molar-refractivity contribution in [2.45, 2.75) is 45.1 Å². The molecule has 3 amide bonds. The summed E-state index contributed by atoms with van der Waals surface area (Å²) in [7, 11) is 0. The summed E-state index contributed by atoms with van der Waals surface area (Å²) >= 11 is 0. The van der Waals surface area contributed by atoms with E-state index in [0.717, 1.165) is 42.0 Å². The number of hydrogen-bond donors (Lipinski definition) is 1. The predicted octanol–water partition coefficient (Wildman–Crippen LogP) is 4.48. The minimum absolute atomic E-state index is 0.0105. The lowest BCUT2D eigenvalue weighted by molar-refractivity contribution is -0.140. The van der Waals surface area contributed by atoms with Crippen LogP contribution in [-0.4, -0.2) is 60.3 Å². The molecule has 206 valence electrons. The first-order valence-corrected chi connectivity index (χ1v) is 13.7.